The second kappa shape index (κ2) is 4.49. The number of hydrogen-bond acceptors (Lipinski definition) is 4. The molecule has 19 heavy (non-hydrogen) atoms. The van der Waals surface area contributed by atoms with Crippen LogP contribution in [0.1, 0.15) is 22.8 Å². The lowest BCUT2D eigenvalue weighted by Gasteiger charge is -2.33. The van der Waals surface area contributed by atoms with Gasteiger partial charge >= 0.3 is 0 Å². The Bertz CT molecular complexity index is 562. The van der Waals surface area contributed by atoms with Gasteiger partial charge in [-0.2, -0.15) is 0 Å². The minimum absolute atomic E-state index is 0.0742. The standard InChI is InChI=1S/C12H13F2N3O2/c1-12(9(14)5-19-11(16)17-12)7-4-6(10(15)18)2-3-8(7)13/h2-4,9H,5H2,1H3,(H2,15,18)(H2,16,17)/t9-,12-/m1/s1. The van der Waals surface area contributed by atoms with Gasteiger partial charge in [-0.25, -0.2) is 13.8 Å². The average molecular weight is 269 g/mol. The van der Waals surface area contributed by atoms with Crippen molar-refractivity contribution in [2.24, 2.45) is 16.5 Å². The van der Waals surface area contributed by atoms with E-state index < -0.39 is 23.4 Å². The SMILES string of the molecule is C[C@]1(c2cc(C(N)=O)ccc2F)N=C(N)OC[C@H]1F. The van der Waals surface area contributed by atoms with Crippen LogP contribution in [0, 0.1) is 5.82 Å². The number of nitrogens with two attached hydrogens (primary N) is 2. The van der Waals surface area contributed by atoms with Crippen molar-refractivity contribution < 1.29 is 18.3 Å². The van der Waals surface area contributed by atoms with Crippen LogP contribution >= 0.6 is 0 Å². The summed E-state index contributed by atoms with van der Waals surface area (Å²) in [6.07, 6.45) is -1.59. The molecule has 4 N–H and O–H groups in total. The zero-order valence-corrected chi connectivity index (χ0v) is 10.2. The number of benzene rings is 1. The lowest BCUT2D eigenvalue weighted by Crippen LogP contribution is -2.43. The number of carbonyl (C=O) groups is 1. The van der Waals surface area contributed by atoms with E-state index >= 15 is 0 Å². The summed E-state index contributed by atoms with van der Waals surface area (Å²) < 4.78 is 32.7. The predicted octanol–water partition coefficient (Wildman–Crippen LogP) is 0.823. The molecule has 0 radical (unpaired) electrons. The van der Waals surface area contributed by atoms with E-state index in [9.17, 15) is 13.6 Å². The van der Waals surface area contributed by atoms with E-state index in [1.807, 2.05) is 0 Å². The van der Waals surface area contributed by atoms with Crippen molar-refractivity contribution in [2.45, 2.75) is 18.6 Å². The Morgan fingerprint density at radius 2 is 2.26 bits per heavy atom. The highest BCUT2D eigenvalue weighted by Gasteiger charge is 2.42. The quantitative estimate of drug-likeness (QED) is 0.832. The first-order valence-corrected chi connectivity index (χ1v) is 5.56. The molecule has 5 nitrogen and oxygen atoms in total. The van der Waals surface area contributed by atoms with Crippen LogP contribution in [0.15, 0.2) is 23.2 Å². The zero-order valence-electron chi connectivity index (χ0n) is 10.2. The molecule has 7 heteroatoms. The maximum atomic E-state index is 14.0. The number of amides is 1. The monoisotopic (exact) mass is 269 g/mol. The fourth-order valence-electron chi connectivity index (χ4n) is 1.95. The van der Waals surface area contributed by atoms with Crippen LogP contribution in [-0.4, -0.2) is 24.7 Å². The second-order valence-corrected chi connectivity index (χ2v) is 4.43. The van der Waals surface area contributed by atoms with Crippen LogP contribution < -0.4 is 11.5 Å². The molecule has 0 saturated heterocycles. The molecule has 1 amide bonds. The number of ether oxygens (including phenoxy) is 1. The lowest BCUT2D eigenvalue weighted by atomic mass is 9.86. The minimum Gasteiger partial charge on any atom is -0.462 e. The number of amidine groups is 1. The highest BCUT2D eigenvalue weighted by Crippen LogP contribution is 2.36. The summed E-state index contributed by atoms with van der Waals surface area (Å²) in [5.41, 5.74) is 8.98. The Kier molecular flexibility index (Phi) is 3.13. The molecular weight excluding hydrogens is 256 g/mol. The molecule has 0 fully saturated rings. The van der Waals surface area contributed by atoms with E-state index in [2.05, 4.69) is 4.99 Å². The third kappa shape index (κ3) is 2.23. The fourth-order valence-corrected chi connectivity index (χ4v) is 1.95. The molecule has 1 aromatic carbocycles. The zero-order chi connectivity index (χ0) is 14.2. The van der Waals surface area contributed by atoms with Crippen LogP contribution in [0.25, 0.3) is 0 Å². The van der Waals surface area contributed by atoms with Gasteiger partial charge in [0.15, 0.2) is 6.17 Å². The van der Waals surface area contributed by atoms with E-state index in [1.165, 1.54) is 19.1 Å². The largest absolute Gasteiger partial charge is 0.462 e. The third-order valence-corrected chi connectivity index (χ3v) is 3.13. The van der Waals surface area contributed by atoms with Crippen LogP contribution in [0.4, 0.5) is 8.78 Å². The molecule has 1 aromatic rings. The van der Waals surface area contributed by atoms with E-state index in [0.29, 0.717) is 0 Å². The van der Waals surface area contributed by atoms with E-state index in [0.717, 1.165) is 6.07 Å². The van der Waals surface area contributed by atoms with Crippen molar-refractivity contribution in [3.8, 4) is 0 Å². The van der Waals surface area contributed by atoms with Crippen LogP contribution in [0.3, 0.4) is 0 Å². The maximum absolute atomic E-state index is 14.0. The van der Waals surface area contributed by atoms with E-state index in [4.69, 9.17) is 16.2 Å². The second-order valence-electron chi connectivity index (χ2n) is 4.43. The molecule has 1 aliphatic heterocycles. The molecule has 102 valence electrons. The minimum atomic E-state index is -1.59. The number of nitrogens with zero attached hydrogens (tertiary/aromatic N) is 1. The summed E-state index contributed by atoms with van der Waals surface area (Å²) in [6, 6.07) is 3.24. The third-order valence-electron chi connectivity index (χ3n) is 3.13. The number of alkyl halides is 1. The maximum Gasteiger partial charge on any atom is 0.283 e. The molecule has 1 heterocycles. The molecule has 0 bridgehead atoms. The van der Waals surface area contributed by atoms with Crippen molar-refractivity contribution in [3.63, 3.8) is 0 Å². The van der Waals surface area contributed by atoms with Gasteiger partial charge < -0.3 is 16.2 Å². The number of rotatable bonds is 2. The Balaban J connectivity index is 2.59. The molecule has 1 aliphatic rings. The fraction of sp³-hybridized carbons (Fsp3) is 0.333. The summed E-state index contributed by atoms with van der Waals surface area (Å²) in [5, 5.41) is 0. The van der Waals surface area contributed by atoms with Crippen molar-refractivity contribution in [3.05, 3.63) is 35.1 Å². The van der Waals surface area contributed by atoms with Gasteiger partial charge in [-0.1, -0.05) is 0 Å². The number of carbonyl (C=O) groups excluding carboxylic acids is 1. The normalized spacial score (nSPS) is 26.5. The van der Waals surface area contributed by atoms with E-state index in [1.54, 1.807) is 0 Å². The number of halogens is 2. The smallest absolute Gasteiger partial charge is 0.283 e. The Hall–Kier alpha value is -2.18. The Labute approximate surface area is 108 Å². The number of hydrogen-bond donors (Lipinski definition) is 2. The number of aliphatic imine (C=N–C) groups is 1. The molecule has 0 aromatic heterocycles. The van der Waals surface area contributed by atoms with Crippen LogP contribution in [0.5, 0.6) is 0 Å². The molecule has 0 unspecified atom stereocenters. The first-order chi connectivity index (χ1) is 8.84. The van der Waals surface area contributed by atoms with Crippen LogP contribution in [0.2, 0.25) is 0 Å². The highest BCUT2D eigenvalue weighted by molar-refractivity contribution is 5.93. The average Bonchev–Trinajstić information content (AvgIpc) is 2.34. The first kappa shape index (κ1) is 13.3. The molecule has 0 saturated carbocycles. The molecule has 0 aliphatic carbocycles. The first-order valence-electron chi connectivity index (χ1n) is 5.56. The van der Waals surface area contributed by atoms with Crippen LogP contribution in [-0.2, 0) is 10.3 Å². The summed E-state index contributed by atoms with van der Waals surface area (Å²) in [7, 11) is 0. The summed E-state index contributed by atoms with van der Waals surface area (Å²) >= 11 is 0. The molecule has 2 rings (SSSR count). The van der Waals surface area contributed by atoms with E-state index in [-0.39, 0.29) is 23.8 Å². The van der Waals surface area contributed by atoms with Gasteiger partial charge in [-0.3, -0.25) is 4.79 Å². The van der Waals surface area contributed by atoms with Gasteiger partial charge in [0.2, 0.25) is 5.91 Å². The molecule has 2 atom stereocenters. The topological polar surface area (TPSA) is 90.7 Å². The Morgan fingerprint density at radius 3 is 2.89 bits per heavy atom. The predicted molar refractivity (Wildman–Crippen MR) is 64.7 cm³/mol. The van der Waals surface area contributed by atoms with Crippen molar-refractivity contribution in [2.75, 3.05) is 6.61 Å². The van der Waals surface area contributed by atoms with Gasteiger partial charge in [0.25, 0.3) is 6.02 Å². The van der Waals surface area contributed by atoms with Crippen molar-refractivity contribution in [1.82, 2.24) is 0 Å². The summed E-state index contributed by atoms with van der Waals surface area (Å²) in [4.78, 5) is 15.0. The van der Waals surface area contributed by atoms with Gasteiger partial charge in [0.05, 0.1) is 0 Å². The lowest BCUT2D eigenvalue weighted by molar-refractivity contribution is 0.0920. The van der Waals surface area contributed by atoms with Crippen molar-refractivity contribution in [1.29, 1.82) is 0 Å². The molecular formula is C12H13F2N3O2. The summed E-state index contributed by atoms with van der Waals surface area (Å²) in [5.74, 6) is -1.42. The van der Waals surface area contributed by atoms with Gasteiger partial charge in [0, 0.05) is 11.1 Å². The van der Waals surface area contributed by atoms with Crippen molar-refractivity contribution >= 4 is 11.9 Å². The molecule has 0 spiro atoms. The Morgan fingerprint density at radius 1 is 1.58 bits per heavy atom. The van der Waals surface area contributed by atoms with Gasteiger partial charge in [-0.05, 0) is 25.1 Å². The number of primary amides is 1. The van der Waals surface area contributed by atoms with Gasteiger partial charge in [0.1, 0.15) is 18.0 Å². The summed E-state index contributed by atoms with van der Waals surface area (Å²) in [6.45, 7) is 1.06. The highest BCUT2D eigenvalue weighted by atomic mass is 19.1. The van der Waals surface area contributed by atoms with Gasteiger partial charge in [-0.15, -0.1) is 0 Å².